The molecule has 0 fully saturated rings. The molecule has 0 atom stereocenters. The van der Waals surface area contributed by atoms with Gasteiger partial charge in [-0.15, -0.1) is 10.2 Å². The van der Waals surface area contributed by atoms with Gasteiger partial charge in [0.1, 0.15) is 11.6 Å². The van der Waals surface area contributed by atoms with Gasteiger partial charge in [0, 0.05) is 17.1 Å². The molecule has 0 amide bonds. The second-order valence-corrected chi connectivity index (χ2v) is 7.91. The molecule has 3 rings (SSSR count). The topological polar surface area (TPSA) is 82.8 Å². The summed E-state index contributed by atoms with van der Waals surface area (Å²) >= 11 is 2.66. The van der Waals surface area contributed by atoms with Gasteiger partial charge in [0.15, 0.2) is 10.3 Å². The molecule has 7 nitrogen and oxygen atoms in total. The van der Waals surface area contributed by atoms with Crippen molar-refractivity contribution >= 4 is 29.5 Å². The lowest BCUT2D eigenvalue weighted by Gasteiger charge is -2.10. The Kier molecular flexibility index (Phi) is 7.21. The van der Waals surface area contributed by atoms with Crippen LogP contribution in [0.1, 0.15) is 24.1 Å². The quantitative estimate of drug-likeness (QED) is 0.302. The first-order valence-corrected chi connectivity index (χ1v) is 10.9. The van der Waals surface area contributed by atoms with Gasteiger partial charge in [-0.05, 0) is 51.1 Å². The number of benzene rings is 1. The molecule has 0 bridgehead atoms. The minimum Gasteiger partial charge on any atom is -0.465 e. The first kappa shape index (κ1) is 21.3. The monoisotopic (exact) mass is 433 g/mol. The van der Waals surface area contributed by atoms with Crippen molar-refractivity contribution in [2.75, 3.05) is 12.4 Å². The van der Waals surface area contributed by atoms with Gasteiger partial charge in [0.25, 0.3) is 0 Å². The fraction of sp³-hybridized carbons (Fsp3) is 0.316. The van der Waals surface area contributed by atoms with Gasteiger partial charge in [0.2, 0.25) is 0 Å². The van der Waals surface area contributed by atoms with Gasteiger partial charge in [-0.25, -0.2) is 14.4 Å². The molecular weight excluding hydrogens is 413 g/mol. The first-order valence-electron chi connectivity index (χ1n) is 8.90. The van der Waals surface area contributed by atoms with Gasteiger partial charge in [-0.2, -0.15) is 0 Å². The van der Waals surface area contributed by atoms with Crippen LogP contribution in [0, 0.1) is 19.7 Å². The van der Waals surface area contributed by atoms with Crippen molar-refractivity contribution in [3.63, 3.8) is 0 Å². The summed E-state index contributed by atoms with van der Waals surface area (Å²) in [7, 11) is 0. The Balaban J connectivity index is 1.85. The summed E-state index contributed by atoms with van der Waals surface area (Å²) in [6.45, 7) is 5.92. The van der Waals surface area contributed by atoms with Gasteiger partial charge in [-0.3, -0.25) is 9.36 Å². The Labute approximate surface area is 176 Å². The van der Waals surface area contributed by atoms with Crippen LogP contribution in [0.15, 0.2) is 40.6 Å². The van der Waals surface area contributed by atoms with Crippen LogP contribution < -0.4 is 0 Å². The van der Waals surface area contributed by atoms with Crippen LogP contribution in [0.25, 0.3) is 5.69 Å². The van der Waals surface area contributed by atoms with Crippen molar-refractivity contribution < 1.29 is 13.9 Å². The number of carbonyl (C=O) groups excluding carboxylic acids is 1. The molecule has 2 heterocycles. The van der Waals surface area contributed by atoms with Crippen LogP contribution in [0.5, 0.6) is 0 Å². The molecule has 0 unspecified atom stereocenters. The molecule has 29 heavy (non-hydrogen) atoms. The second-order valence-electron chi connectivity index (χ2n) is 6.03. The Morgan fingerprint density at radius 3 is 2.45 bits per heavy atom. The highest BCUT2D eigenvalue weighted by Crippen LogP contribution is 2.26. The van der Waals surface area contributed by atoms with Crippen LogP contribution in [0.3, 0.4) is 0 Å². The van der Waals surface area contributed by atoms with E-state index in [4.69, 9.17) is 4.74 Å². The maximum absolute atomic E-state index is 13.4. The maximum Gasteiger partial charge on any atom is 0.316 e. The lowest BCUT2D eigenvalue weighted by Crippen LogP contribution is -2.08. The number of thioether (sulfide) groups is 2. The molecule has 0 saturated heterocycles. The number of halogens is 1. The molecule has 0 saturated carbocycles. The maximum atomic E-state index is 13.4. The number of rotatable bonds is 8. The third-order valence-corrected chi connectivity index (χ3v) is 5.45. The smallest absolute Gasteiger partial charge is 0.316 e. The second kappa shape index (κ2) is 9.84. The predicted octanol–water partition coefficient (Wildman–Crippen LogP) is 3.76. The Bertz CT molecular complexity index is 975. The van der Waals surface area contributed by atoms with Gasteiger partial charge < -0.3 is 4.74 Å². The van der Waals surface area contributed by atoms with Crippen LogP contribution in [-0.2, 0) is 15.3 Å². The van der Waals surface area contributed by atoms with E-state index in [9.17, 15) is 9.18 Å². The van der Waals surface area contributed by atoms with Crippen molar-refractivity contribution in [1.29, 1.82) is 0 Å². The predicted molar refractivity (Wildman–Crippen MR) is 110 cm³/mol. The minimum absolute atomic E-state index is 0.112. The number of ether oxygens (including phenoxy) is 1. The molecule has 0 radical (unpaired) electrons. The van der Waals surface area contributed by atoms with Crippen LogP contribution in [0.4, 0.5) is 4.39 Å². The summed E-state index contributed by atoms with van der Waals surface area (Å²) in [5.41, 5.74) is 2.50. The number of hydrogen-bond acceptors (Lipinski definition) is 8. The van der Waals surface area contributed by atoms with E-state index >= 15 is 0 Å². The third kappa shape index (κ3) is 5.77. The molecule has 3 aromatic rings. The lowest BCUT2D eigenvalue weighted by atomic mass is 10.3. The van der Waals surface area contributed by atoms with E-state index in [2.05, 4.69) is 20.2 Å². The van der Waals surface area contributed by atoms with E-state index in [-0.39, 0.29) is 17.5 Å². The molecular formula is C19H20FN5O2S2. The molecule has 2 aromatic heterocycles. The zero-order valence-electron chi connectivity index (χ0n) is 16.3. The zero-order valence-corrected chi connectivity index (χ0v) is 17.9. The highest BCUT2D eigenvalue weighted by Gasteiger charge is 2.17. The van der Waals surface area contributed by atoms with Crippen LogP contribution in [0.2, 0.25) is 0 Å². The average Bonchev–Trinajstić information content (AvgIpc) is 3.08. The van der Waals surface area contributed by atoms with Crippen LogP contribution >= 0.6 is 23.5 Å². The largest absolute Gasteiger partial charge is 0.465 e. The number of aromatic nitrogens is 5. The lowest BCUT2D eigenvalue weighted by molar-refractivity contribution is -0.139. The van der Waals surface area contributed by atoms with E-state index in [1.165, 1.54) is 35.7 Å². The fourth-order valence-electron chi connectivity index (χ4n) is 2.55. The molecule has 0 spiro atoms. The van der Waals surface area contributed by atoms with Gasteiger partial charge >= 0.3 is 5.97 Å². The molecule has 0 aliphatic rings. The Morgan fingerprint density at radius 2 is 1.79 bits per heavy atom. The standard InChI is InChI=1S/C19H20FN5O2S2/c1-4-27-17(26)11-29-19-24-23-16(25(19)15-7-5-14(20)6-8-15)10-28-18-21-12(2)9-13(3)22-18/h5-9H,4,10-11H2,1-3H3. The molecule has 10 heteroatoms. The molecule has 0 aliphatic carbocycles. The summed E-state index contributed by atoms with van der Waals surface area (Å²) in [6.07, 6.45) is 0. The third-order valence-electron chi connectivity index (χ3n) is 3.70. The average molecular weight is 434 g/mol. The number of aryl methyl sites for hydroxylation is 2. The molecule has 1 aromatic carbocycles. The van der Waals surface area contributed by atoms with Crippen molar-refractivity contribution in [3.05, 3.63) is 53.4 Å². The van der Waals surface area contributed by atoms with E-state index < -0.39 is 0 Å². The first-order chi connectivity index (χ1) is 14.0. The normalized spacial score (nSPS) is 10.9. The van der Waals surface area contributed by atoms with Crippen molar-refractivity contribution in [2.45, 2.75) is 36.8 Å². The van der Waals surface area contributed by atoms with Crippen LogP contribution in [-0.4, -0.2) is 43.1 Å². The summed E-state index contributed by atoms with van der Waals surface area (Å²) in [4.78, 5) is 20.6. The summed E-state index contributed by atoms with van der Waals surface area (Å²) in [6, 6.07) is 7.95. The van der Waals surface area contributed by atoms with Crippen molar-refractivity contribution in [1.82, 2.24) is 24.7 Å². The summed E-state index contributed by atoms with van der Waals surface area (Å²) in [5.74, 6) is 0.567. The van der Waals surface area contributed by atoms with Gasteiger partial charge in [-0.1, -0.05) is 23.5 Å². The number of hydrogen-bond donors (Lipinski definition) is 0. The molecule has 152 valence electrons. The van der Waals surface area contributed by atoms with Crippen molar-refractivity contribution in [3.8, 4) is 5.69 Å². The number of nitrogens with zero attached hydrogens (tertiary/aromatic N) is 5. The van der Waals surface area contributed by atoms with E-state index in [1.807, 2.05) is 19.9 Å². The highest BCUT2D eigenvalue weighted by atomic mass is 32.2. The summed E-state index contributed by atoms with van der Waals surface area (Å²) in [5, 5.41) is 9.66. The van der Waals surface area contributed by atoms with Crippen molar-refractivity contribution in [2.24, 2.45) is 0 Å². The summed E-state index contributed by atoms with van der Waals surface area (Å²) < 4.78 is 20.2. The molecule has 0 N–H and O–H groups in total. The zero-order chi connectivity index (χ0) is 20.8. The van der Waals surface area contributed by atoms with E-state index in [0.717, 1.165) is 11.4 Å². The minimum atomic E-state index is -0.331. The van der Waals surface area contributed by atoms with Gasteiger partial charge in [0.05, 0.1) is 18.1 Å². The number of esters is 1. The number of carbonyl (C=O) groups is 1. The SMILES string of the molecule is CCOC(=O)CSc1nnc(CSc2nc(C)cc(C)n2)n1-c1ccc(F)cc1. The Morgan fingerprint density at radius 1 is 1.10 bits per heavy atom. The molecule has 0 aliphatic heterocycles. The van der Waals surface area contributed by atoms with E-state index in [0.29, 0.717) is 34.2 Å². The highest BCUT2D eigenvalue weighted by molar-refractivity contribution is 7.99. The fourth-order valence-corrected chi connectivity index (χ4v) is 4.18. The Hall–Kier alpha value is -2.46. The van der Waals surface area contributed by atoms with E-state index in [1.54, 1.807) is 23.6 Å².